The minimum Gasteiger partial charge on any atom is -0.456 e. The number of likely N-dealkylation sites (N-methyl/N-ethyl adjacent to an activating group) is 1. The Morgan fingerprint density at radius 3 is 1.22 bits per heavy atom. The zero-order valence-electron chi connectivity index (χ0n) is 52.7. The highest BCUT2D eigenvalue weighted by Crippen LogP contribution is 2.43. The van der Waals surface area contributed by atoms with Gasteiger partial charge >= 0.3 is 13.8 Å². The molecule has 0 aliphatic rings. The van der Waals surface area contributed by atoms with Gasteiger partial charge in [0.1, 0.15) is 19.3 Å². The summed E-state index contributed by atoms with van der Waals surface area (Å²) in [6.07, 6.45) is 71.6. The number of nitrogens with zero attached hydrogens (tertiary/aromatic N) is 1. The summed E-state index contributed by atoms with van der Waals surface area (Å²) in [6.45, 7) is 6.95. The van der Waals surface area contributed by atoms with E-state index in [0.29, 0.717) is 23.9 Å². The van der Waals surface area contributed by atoms with Crippen molar-refractivity contribution in [3.8, 4) is 0 Å². The molecule has 78 heavy (non-hydrogen) atoms. The molecule has 0 radical (unpaired) electrons. The highest BCUT2D eigenvalue weighted by Gasteiger charge is 2.30. The maximum absolute atomic E-state index is 13.5. The number of hydrogen-bond acceptors (Lipinski definition) is 6. The number of allylic oxidation sites excluding steroid dienone is 5. The van der Waals surface area contributed by atoms with Crippen LogP contribution in [-0.2, 0) is 27.9 Å². The van der Waals surface area contributed by atoms with Crippen LogP contribution in [0.25, 0.3) is 0 Å². The first-order valence-corrected chi connectivity index (χ1v) is 35.3. The number of quaternary nitrogens is 1. The fourth-order valence-corrected chi connectivity index (χ4v) is 10.9. The van der Waals surface area contributed by atoms with Crippen LogP contribution < -0.4 is 5.32 Å². The van der Waals surface area contributed by atoms with E-state index in [2.05, 4.69) is 50.4 Å². The number of unbranched alkanes of at least 4 members (excludes halogenated alkanes) is 42. The number of phosphoric ester groups is 1. The van der Waals surface area contributed by atoms with E-state index in [4.69, 9.17) is 13.8 Å². The fourth-order valence-electron chi connectivity index (χ4n) is 10.2. The zero-order chi connectivity index (χ0) is 57.2. The maximum Gasteiger partial charge on any atom is 0.472 e. The first kappa shape index (κ1) is 76.2. The molecule has 0 aromatic carbocycles. The van der Waals surface area contributed by atoms with E-state index in [1.165, 1.54) is 218 Å². The third-order valence-electron chi connectivity index (χ3n) is 15.3. The number of rotatable bonds is 62. The smallest absolute Gasteiger partial charge is 0.456 e. The van der Waals surface area contributed by atoms with Gasteiger partial charge in [-0.3, -0.25) is 18.6 Å². The van der Waals surface area contributed by atoms with Gasteiger partial charge in [-0.15, -0.1) is 0 Å². The molecule has 0 aromatic heterocycles. The number of esters is 1. The van der Waals surface area contributed by atoms with Gasteiger partial charge in [0.2, 0.25) is 5.91 Å². The molecule has 1 amide bonds. The molecule has 0 rings (SSSR count). The number of carbonyl (C=O) groups excluding carboxylic acids is 2. The van der Waals surface area contributed by atoms with E-state index >= 15 is 0 Å². The summed E-state index contributed by atoms with van der Waals surface area (Å²) in [6, 6.07) is -0.849. The Labute approximate surface area is 485 Å². The van der Waals surface area contributed by atoms with Crippen molar-refractivity contribution in [1.82, 2.24) is 5.32 Å². The van der Waals surface area contributed by atoms with E-state index < -0.39 is 20.0 Å². The third kappa shape index (κ3) is 58.9. The Hall–Kier alpha value is -1.77. The molecule has 0 heterocycles. The summed E-state index contributed by atoms with van der Waals surface area (Å²) >= 11 is 0. The van der Waals surface area contributed by atoms with Crippen LogP contribution in [0.5, 0.6) is 0 Å². The molecule has 9 nitrogen and oxygen atoms in total. The fraction of sp³-hybridized carbons (Fsp3) is 0.882. The summed E-state index contributed by atoms with van der Waals surface area (Å²) in [4.78, 5) is 37.8. The molecule has 2 N–H and O–H groups in total. The maximum atomic E-state index is 13.5. The van der Waals surface area contributed by atoms with Crippen LogP contribution in [0.2, 0.25) is 0 Å². The van der Waals surface area contributed by atoms with Crippen LogP contribution in [0, 0.1) is 0 Å². The minimum atomic E-state index is -4.45. The molecule has 0 bridgehead atoms. The Morgan fingerprint density at radius 2 is 0.821 bits per heavy atom. The van der Waals surface area contributed by atoms with Crippen molar-refractivity contribution in [3.63, 3.8) is 0 Å². The Morgan fingerprint density at radius 1 is 0.462 bits per heavy atom. The Balaban J connectivity index is 5.05. The standard InChI is InChI=1S/C68H131N2O7P/c1-7-10-13-16-19-22-25-28-30-31-32-33-34-35-36-37-38-39-40-43-46-49-52-55-58-61-68(72)77-66(59-56-53-50-47-44-41-27-24-21-18-15-12-9-3)65(64-76-78(73,74)75-63-62-70(4,5)6)69-67(71)60-57-54-51-48-45-42-29-26-23-20-17-14-11-8-2/h11,14,20,23,56,59,65-66H,7-10,12-13,15-19,21-22,24-55,57-58,60-64H2,1-6H3,(H-,69,71,73,74)/p+1/b14-11+,23-20+,59-56-. The second-order valence-corrected chi connectivity index (χ2v) is 25.8. The average molecular weight is 1120 g/mol. The van der Waals surface area contributed by atoms with Gasteiger partial charge in [0.05, 0.1) is 33.8 Å². The summed E-state index contributed by atoms with van der Waals surface area (Å²) in [5.74, 6) is -0.498. The summed E-state index contributed by atoms with van der Waals surface area (Å²) in [5.41, 5.74) is 0. The van der Waals surface area contributed by atoms with E-state index in [1.807, 2.05) is 33.3 Å². The first-order valence-electron chi connectivity index (χ1n) is 33.8. The Bertz CT molecular complexity index is 1430. The molecule has 3 atom stereocenters. The lowest BCUT2D eigenvalue weighted by Crippen LogP contribution is -2.47. The lowest BCUT2D eigenvalue weighted by molar-refractivity contribution is -0.870. The van der Waals surface area contributed by atoms with Crippen molar-refractivity contribution in [1.29, 1.82) is 0 Å². The quantitative estimate of drug-likeness (QED) is 0.0205. The number of amides is 1. The lowest BCUT2D eigenvalue weighted by atomic mass is 10.0. The molecular formula is C68H132N2O7P+. The van der Waals surface area contributed by atoms with Gasteiger partial charge in [0, 0.05) is 12.8 Å². The van der Waals surface area contributed by atoms with Crippen molar-refractivity contribution in [2.24, 2.45) is 0 Å². The molecule has 3 unspecified atom stereocenters. The highest BCUT2D eigenvalue weighted by atomic mass is 31.2. The van der Waals surface area contributed by atoms with Crippen molar-refractivity contribution < 1.29 is 37.3 Å². The monoisotopic (exact) mass is 1120 g/mol. The van der Waals surface area contributed by atoms with Crippen LogP contribution >= 0.6 is 7.82 Å². The van der Waals surface area contributed by atoms with Gasteiger partial charge in [-0.05, 0) is 57.4 Å². The molecule has 0 aliphatic heterocycles. The molecule has 0 saturated carbocycles. The highest BCUT2D eigenvalue weighted by molar-refractivity contribution is 7.47. The predicted octanol–water partition coefficient (Wildman–Crippen LogP) is 21.1. The molecule has 10 heteroatoms. The van der Waals surface area contributed by atoms with Gasteiger partial charge in [0.25, 0.3) is 0 Å². The number of nitrogens with one attached hydrogen (secondary N) is 1. The molecule has 0 spiro atoms. The van der Waals surface area contributed by atoms with E-state index in [0.717, 1.165) is 83.5 Å². The summed E-state index contributed by atoms with van der Waals surface area (Å²) in [5, 5.41) is 3.06. The normalized spacial score (nSPS) is 13.8. The van der Waals surface area contributed by atoms with Crippen LogP contribution in [0.3, 0.4) is 0 Å². The Kier molecular flexibility index (Phi) is 57.1. The largest absolute Gasteiger partial charge is 0.472 e. The molecule has 0 aromatic rings. The van der Waals surface area contributed by atoms with Gasteiger partial charge < -0.3 is 19.4 Å². The van der Waals surface area contributed by atoms with Crippen LogP contribution in [0.1, 0.15) is 335 Å². The molecule has 460 valence electrons. The second kappa shape index (κ2) is 58.4. The van der Waals surface area contributed by atoms with Gasteiger partial charge in [-0.2, -0.15) is 0 Å². The van der Waals surface area contributed by atoms with Crippen LogP contribution in [0.15, 0.2) is 36.5 Å². The lowest BCUT2D eigenvalue weighted by Gasteiger charge is -2.27. The number of hydrogen-bond donors (Lipinski definition) is 2. The first-order chi connectivity index (χ1) is 37.9. The van der Waals surface area contributed by atoms with Crippen molar-refractivity contribution in [2.75, 3.05) is 40.9 Å². The number of ether oxygens (including phenoxy) is 1. The van der Waals surface area contributed by atoms with E-state index in [-0.39, 0.29) is 25.1 Å². The molecule has 0 fully saturated rings. The molecular weight excluding hydrogens is 988 g/mol. The topological polar surface area (TPSA) is 111 Å². The summed E-state index contributed by atoms with van der Waals surface area (Å²) < 4.78 is 30.8. The van der Waals surface area contributed by atoms with E-state index in [1.54, 1.807) is 0 Å². The molecule has 0 aliphatic carbocycles. The van der Waals surface area contributed by atoms with Gasteiger partial charge in [-0.1, -0.05) is 302 Å². The number of carbonyl (C=O) groups is 2. The van der Waals surface area contributed by atoms with Crippen molar-refractivity contribution in [3.05, 3.63) is 36.5 Å². The predicted molar refractivity (Wildman–Crippen MR) is 337 cm³/mol. The third-order valence-corrected chi connectivity index (χ3v) is 16.3. The van der Waals surface area contributed by atoms with Crippen molar-refractivity contribution in [2.45, 2.75) is 348 Å². The van der Waals surface area contributed by atoms with Gasteiger partial charge in [-0.25, -0.2) is 4.57 Å². The zero-order valence-corrected chi connectivity index (χ0v) is 53.6. The van der Waals surface area contributed by atoms with Crippen LogP contribution in [0.4, 0.5) is 0 Å². The number of phosphoric acid groups is 1. The summed E-state index contributed by atoms with van der Waals surface area (Å²) in [7, 11) is 1.50. The SMILES string of the molecule is CC/C=C/C/C=C/CCCCCCCCCC(=O)NC(COP(=O)(O)OCC[N+](C)(C)C)C(/C=C\CCCCCCCCCCCCC)OC(=O)CCCCCCCCCCCCCCCCCCCCCCCCCCC. The average Bonchev–Trinajstić information content (AvgIpc) is 3.40. The van der Waals surface area contributed by atoms with Gasteiger partial charge in [0.15, 0.2) is 0 Å². The minimum absolute atomic E-state index is 0.0409. The van der Waals surface area contributed by atoms with Crippen molar-refractivity contribution >= 4 is 19.7 Å². The molecule has 0 saturated heterocycles. The van der Waals surface area contributed by atoms with E-state index in [9.17, 15) is 19.0 Å². The van der Waals surface area contributed by atoms with Crippen LogP contribution in [-0.4, -0.2) is 74.3 Å². The second-order valence-electron chi connectivity index (χ2n) is 24.3.